The molecule has 3 N–H and O–H groups in total. The number of phenols is 1. The van der Waals surface area contributed by atoms with Crippen molar-refractivity contribution >= 4 is 23.9 Å². The second kappa shape index (κ2) is 13.3. The molecule has 0 aliphatic rings. The van der Waals surface area contributed by atoms with Gasteiger partial charge in [0, 0.05) is 5.54 Å². The van der Waals surface area contributed by atoms with E-state index in [0.29, 0.717) is 18.4 Å². The Balaban J connectivity index is 3.64. The molecule has 10 heteroatoms. The fraction of sp³-hybridized carbons (Fsp3) is 0.630. The Hall–Kier alpha value is -3.30. The van der Waals surface area contributed by atoms with E-state index in [4.69, 9.17) is 4.74 Å². The van der Waals surface area contributed by atoms with E-state index in [1.54, 1.807) is 32.9 Å². The maximum absolute atomic E-state index is 14.3. The summed E-state index contributed by atoms with van der Waals surface area (Å²) in [7, 11) is 1.21. The number of rotatable bonds is 11. The Bertz CT molecular complexity index is 938. The van der Waals surface area contributed by atoms with Crippen LogP contribution in [-0.4, -0.2) is 64.7 Å². The van der Waals surface area contributed by atoms with Gasteiger partial charge in [0.2, 0.25) is 11.8 Å². The molecule has 0 spiro atoms. The summed E-state index contributed by atoms with van der Waals surface area (Å²) in [6, 6.07) is 3.77. The first kappa shape index (κ1) is 31.7. The Morgan fingerprint density at radius 1 is 1.03 bits per heavy atom. The molecule has 0 heterocycles. The molecule has 1 aromatic rings. The topological polar surface area (TPSA) is 134 Å². The van der Waals surface area contributed by atoms with Crippen molar-refractivity contribution in [1.29, 1.82) is 0 Å². The molecule has 3 atom stereocenters. The number of nitrogens with zero attached hydrogens (tertiary/aromatic N) is 1. The molecule has 10 nitrogen and oxygen atoms in total. The first-order valence-electron chi connectivity index (χ1n) is 12.5. The SMILES string of the molecule is CCC(C)C(NC(=O)OC(C)(C)C)C(=O)N(C(C(=O)NCC(=O)OC)c1ccc(O)cc1)C(C)(C)CC. The van der Waals surface area contributed by atoms with Gasteiger partial charge in [-0.1, -0.05) is 39.3 Å². The number of aromatic hydroxyl groups is 1. The lowest BCUT2D eigenvalue weighted by molar-refractivity contribution is -0.151. The second-order valence-electron chi connectivity index (χ2n) is 10.7. The number of benzene rings is 1. The van der Waals surface area contributed by atoms with Crippen molar-refractivity contribution in [3.63, 3.8) is 0 Å². The molecule has 0 radical (unpaired) electrons. The van der Waals surface area contributed by atoms with Gasteiger partial charge in [0.15, 0.2) is 0 Å². The van der Waals surface area contributed by atoms with Gasteiger partial charge in [-0.2, -0.15) is 0 Å². The van der Waals surface area contributed by atoms with E-state index < -0.39 is 47.1 Å². The molecule has 0 saturated heterocycles. The van der Waals surface area contributed by atoms with Gasteiger partial charge in [-0.3, -0.25) is 14.4 Å². The zero-order valence-corrected chi connectivity index (χ0v) is 23.5. The number of carbonyl (C=O) groups is 4. The number of phenolic OH excluding ortho intramolecular Hbond substituents is 1. The zero-order valence-electron chi connectivity index (χ0n) is 23.5. The molecule has 0 saturated carbocycles. The quantitative estimate of drug-likeness (QED) is 0.378. The average molecular weight is 522 g/mol. The highest BCUT2D eigenvalue weighted by Crippen LogP contribution is 2.33. The van der Waals surface area contributed by atoms with Crippen molar-refractivity contribution in [1.82, 2.24) is 15.5 Å². The van der Waals surface area contributed by atoms with Gasteiger partial charge >= 0.3 is 12.1 Å². The summed E-state index contributed by atoms with van der Waals surface area (Å²) < 4.78 is 10.0. The number of hydrogen-bond acceptors (Lipinski definition) is 7. The van der Waals surface area contributed by atoms with Crippen molar-refractivity contribution in [2.75, 3.05) is 13.7 Å². The molecule has 3 unspecified atom stereocenters. The standard InChI is InChI=1S/C27H43N3O7/c1-10-17(3)21(29-25(35)37-26(4,5)6)24(34)30(27(7,8)11-2)22(18-12-14-19(31)15-13-18)23(33)28-16-20(32)36-9/h12-15,17,21-22,31H,10-11,16H2,1-9H3,(H,28,33)(H,29,35). The maximum atomic E-state index is 14.3. The molecule has 1 aromatic carbocycles. The van der Waals surface area contributed by atoms with Crippen molar-refractivity contribution in [3.8, 4) is 5.75 Å². The van der Waals surface area contributed by atoms with Crippen LogP contribution in [-0.2, 0) is 23.9 Å². The number of ether oxygens (including phenoxy) is 2. The summed E-state index contributed by atoms with van der Waals surface area (Å²) in [4.78, 5) is 53.7. The highest BCUT2D eigenvalue weighted by molar-refractivity contribution is 5.93. The van der Waals surface area contributed by atoms with Gasteiger partial charge in [-0.15, -0.1) is 0 Å². The van der Waals surface area contributed by atoms with Gasteiger partial charge in [0.1, 0.15) is 30.0 Å². The van der Waals surface area contributed by atoms with Gasteiger partial charge < -0.3 is 30.1 Å². The fourth-order valence-corrected chi connectivity index (χ4v) is 3.62. The molecule has 37 heavy (non-hydrogen) atoms. The number of esters is 1. The van der Waals surface area contributed by atoms with E-state index >= 15 is 0 Å². The highest BCUT2D eigenvalue weighted by atomic mass is 16.6. The van der Waals surface area contributed by atoms with Crippen LogP contribution in [0.15, 0.2) is 24.3 Å². The average Bonchev–Trinajstić information content (AvgIpc) is 2.82. The summed E-state index contributed by atoms with van der Waals surface area (Å²) in [5.41, 5.74) is -1.18. The van der Waals surface area contributed by atoms with Crippen LogP contribution in [0.25, 0.3) is 0 Å². The van der Waals surface area contributed by atoms with Crippen LogP contribution in [0.5, 0.6) is 5.75 Å². The van der Waals surface area contributed by atoms with E-state index in [-0.39, 0.29) is 18.2 Å². The Morgan fingerprint density at radius 2 is 1.59 bits per heavy atom. The maximum Gasteiger partial charge on any atom is 0.408 e. The predicted molar refractivity (Wildman–Crippen MR) is 140 cm³/mol. The Labute approximate surface area is 220 Å². The minimum absolute atomic E-state index is 0.00540. The zero-order chi connectivity index (χ0) is 28.6. The monoisotopic (exact) mass is 521 g/mol. The minimum Gasteiger partial charge on any atom is -0.508 e. The number of amides is 3. The van der Waals surface area contributed by atoms with Gasteiger partial charge in [0.05, 0.1) is 7.11 Å². The van der Waals surface area contributed by atoms with Crippen LogP contribution in [0.4, 0.5) is 4.79 Å². The van der Waals surface area contributed by atoms with Crippen LogP contribution in [0.1, 0.15) is 79.8 Å². The molecule has 208 valence electrons. The van der Waals surface area contributed by atoms with Crippen LogP contribution in [0.2, 0.25) is 0 Å². The van der Waals surface area contributed by atoms with Crippen LogP contribution < -0.4 is 10.6 Å². The summed E-state index contributed by atoms with van der Waals surface area (Å²) in [5, 5.41) is 15.1. The second-order valence-corrected chi connectivity index (χ2v) is 10.7. The minimum atomic E-state index is -1.17. The normalized spacial score (nSPS) is 14.1. The summed E-state index contributed by atoms with van der Waals surface area (Å²) >= 11 is 0. The van der Waals surface area contributed by atoms with Crippen molar-refractivity contribution in [2.45, 2.75) is 91.5 Å². The Kier molecular flexibility index (Phi) is 11.4. The first-order valence-corrected chi connectivity index (χ1v) is 12.5. The van der Waals surface area contributed by atoms with Crippen LogP contribution in [0, 0.1) is 5.92 Å². The highest BCUT2D eigenvalue weighted by Gasteiger charge is 2.44. The van der Waals surface area contributed by atoms with E-state index in [1.165, 1.54) is 24.1 Å². The smallest absolute Gasteiger partial charge is 0.408 e. The molecule has 0 aliphatic carbocycles. The molecular formula is C27H43N3O7. The fourth-order valence-electron chi connectivity index (χ4n) is 3.62. The van der Waals surface area contributed by atoms with Crippen molar-refractivity contribution < 1.29 is 33.8 Å². The lowest BCUT2D eigenvalue weighted by atomic mass is 9.89. The summed E-state index contributed by atoms with van der Waals surface area (Å²) in [5.74, 6) is -2.01. The molecule has 0 bridgehead atoms. The summed E-state index contributed by atoms with van der Waals surface area (Å²) in [6.07, 6.45) is 0.319. The van der Waals surface area contributed by atoms with Crippen molar-refractivity contribution in [3.05, 3.63) is 29.8 Å². The molecule has 3 amide bonds. The number of alkyl carbamates (subject to hydrolysis) is 1. The van der Waals surface area contributed by atoms with E-state index in [9.17, 15) is 24.3 Å². The lowest BCUT2D eigenvalue weighted by Crippen LogP contribution is -2.60. The van der Waals surface area contributed by atoms with Crippen molar-refractivity contribution in [2.24, 2.45) is 5.92 Å². The molecule has 0 aliphatic heterocycles. The van der Waals surface area contributed by atoms with E-state index in [2.05, 4.69) is 15.4 Å². The van der Waals surface area contributed by atoms with Crippen LogP contribution >= 0.6 is 0 Å². The number of methoxy groups -OCH3 is 1. The third-order valence-electron chi connectivity index (χ3n) is 6.26. The molecule has 0 aromatic heterocycles. The number of nitrogens with one attached hydrogen (secondary N) is 2. The molecular weight excluding hydrogens is 478 g/mol. The predicted octanol–water partition coefficient (Wildman–Crippen LogP) is 3.68. The van der Waals surface area contributed by atoms with Gasteiger partial charge in [-0.05, 0) is 64.7 Å². The van der Waals surface area contributed by atoms with E-state index in [0.717, 1.165) is 0 Å². The number of carbonyl (C=O) groups excluding carboxylic acids is 4. The summed E-state index contributed by atoms with van der Waals surface area (Å²) in [6.45, 7) is 14.1. The molecule has 1 rings (SSSR count). The van der Waals surface area contributed by atoms with Gasteiger partial charge in [-0.25, -0.2) is 4.79 Å². The number of hydrogen-bond donors (Lipinski definition) is 3. The third kappa shape index (κ3) is 9.26. The lowest BCUT2D eigenvalue weighted by Gasteiger charge is -2.45. The largest absolute Gasteiger partial charge is 0.508 e. The first-order chi connectivity index (χ1) is 17.1. The van der Waals surface area contributed by atoms with Gasteiger partial charge in [0.25, 0.3) is 0 Å². The molecule has 0 fully saturated rings. The van der Waals surface area contributed by atoms with E-state index in [1.807, 2.05) is 34.6 Å². The third-order valence-corrected chi connectivity index (χ3v) is 6.26. The Morgan fingerprint density at radius 3 is 2.05 bits per heavy atom. The van der Waals surface area contributed by atoms with Crippen LogP contribution in [0.3, 0.4) is 0 Å².